The second kappa shape index (κ2) is 8.10. The Labute approximate surface area is 161 Å². The van der Waals surface area contributed by atoms with Crippen LogP contribution in [-0.2, 0) is 16.1 Å². The first-order valence-electron chi connectivity index (χ1n) is 8.44. The van der Waals surface area contributed by atoms with Crippen LogP contribution in [0.2, 0.25) is 10.0 Å². The van der Waals surface area contributed by atoms with Gasteiger partial charge in [-0.2, -0.15) is 5.10 Å². The van der Waals surface area contributed by atoms with Crippen molar-refractivity contribution in [2.24, 2.45) is 11.8 Å². The molecule has 1 aliphatic carbocycles. The van der Waals surface area contributed by atoms with E-state index in [4.69, 9.17) is 23.2 Å². The maximum absolute atomic E-state index is 12.5. The molecule has 1 fully saturated rings. The molecular weight excluding hydrogens is 377 g/mol. The molecule has 6 nitrogen and oxygen atoms in total. The van der Waals surface area contributed by atoms with Gasteiger partial charge in [-0.3, -0.25) is 14.3 Å². The summed E-state index contributed by atoms with van der Waals surface area (Å²) in [6, 6.07) is 5.24. The van der Waals surface area contributed by atoms with Crippen LogP contribution in [0.25, 0.3) is 0 Å². The molecule has 138 valence electrons. The number of hydrogen-bond acceptors (Lipinski definition) is 3. The first-order chi connectivity index (χ1) is 12.4. The summed E-state index contributed by atoms with van der Waals surface area (Å²) in [5.41, 5.74) is 1.39. The van der Waals surface area contributed by atoms with Crippen LogP contribution in [0.15, 0.2) is 30.6 Å². The minimum absolute atomic E-state index is 0.263. The number of carbonyl (C=O) groups is 2. The summed E-state index contributed by atoms with van der Waals surface area (Å²) in [5.74, 6) is -2.29. The molecule has 1 saturated carbocycles. The fourth-order valence-electron chi connectivity index (χ4n) is 3.31. The molecule has 0 aliphatic heterocycles. The van der Waals surface area contributed by atoms with Gasteiger partial charge >= 0.3 is 5.97 Å². The third kappa shape index (κ3) is 4.37. The van der Waals surface area contributed by atoms with Gasteiger partial charge in [-0.25, -0.2) is 0 Å². The van der Waals surface area contributed by atoms with Crippen LogP contribution in [0.4, 0.5) is 5.69 Å². The predicted molar refractivity (Wildman–Crippen MR) is 99.5 cm³/mol. The number of nitrogens with zero attached hydrogens (tertiary/aromatic N) is 2. The summed E-state index contributed by atoms with van der Waals surface area (Å²) in [4.78, 5) is 23.9. The molecule has 26 heavy (non-hydrogen) atoms. The van der Waals surface area contributed by atoms with Crippen LogP contribution in [0, 0.1) is 11.8 Å². The summed E-state index contributed by atoms with van der Waals surface area (Å²) in [6.45, 7) is 0.438. The van der Waals surface area contributed by atoms with Crippen LogP contribution < -0.4 is 5.32 Å². The van der Waals surface area contributed by atoms with Crippen molar-refractivity contribution in [1.82, 2.24) is 9.78 Å². The van der Waals surface area contributed by atoms with E-state index in [0.29, 0.717) is 35.1 Å². The van der Waals surface area contributed by atoms with Gasteiger partial charge in [0.25, 0.3) is 0 Å². The van der Waals surface area contributed by atoms with Crippen molar-refractivity contribution in [3.63, 3.8) is 0 Å². The second-order valence-corrected chi connectivity index (χ2v) is 7.33. The molecule has 1 heterocycles. The number of nitrogens with one attached hydrogen (secondary N) is 1. The molecule has 2 N–H and O–H groups in total. The lowest BCUT2D eigenvalue weighted by atomic mass is 9.78. The molecule has 1 aromatic heterocycles. The molecule has 1 amide bonds. The molecule has 2 aromatic rings. The fourth-order valence-corrected chi connectivity index (χ4v) is 3.78. The van der Waals surface area contributed by atoms with E-state index in [1.54, 1.807) is 29.2 Å². The zero-order chi connectivity index (χ0) is 18.7. The van der Waals surface area contributed by atoms with Crippen molar-refractivity contribution in [3.05, 3.63) is 46.2 Å². The highest BCUT2D eigenvalue weighted by atomic mass is 35.5. The number of amides is 1. The van der Waals surface area contributed by atoms with Gasteiger partial charge in [0.15, 0.2) is 0 Å². The number of benzene rings is 1. The summed E-state index contributed by atoms with van der Waals surface area (Å²) in [5, 5.41) is 17.4. The molecular formula is C18H19Cl2N3O3. The highest BCUT2D eigenvalue weighted by Gasteiger charge is 2.35. The molecule has 0 bridgehead atoms. The van der Waals surface area contributed by atoms with E-state index in [1.165, 1.54) is 0 Å². The maximum Gasteiger partial charge on any atom is 0.307 e. The van der Waals surface area contributed by atoms with Crippen molar-refractivity contribution in [2.75, 3.05) is 5.32 Å². The van der Waals surface area contributed by atoms with E-state index >= 15 is 0 Å². The summed E-state index contributed by atoms with van der Waals surface area (Å²) in [7, 11) is 0. The Morgan fingerprint density at radius 1 is 1.23 bits per heavy atom. The van der Waals surface area contributed by atoms with Gasteiger partial charge in [-0.1, -0.05) is 42.1 Å². The third-order valence-corrected chi connectivity index (χ3v) is 5.26. The van der Waals surface area contributed by atoms with Gasteiger partial charge < -0.3 is 10.4 Å². The van der Waals surface area contributed by atoms with Gasteiger partial charge in [0.2, 0.25) is 5.91 Å². The minimum atomic E-state index is -0.905. The number of halogens is 2. The Bertz CT molecular complexity index is 822. The zero-order valence-electron chi connectivity index (χ0n) is 14.0. The fraction of sp³-hybridized carbons (Fsp3) is 0.389. The van der Waals surface area contributed by atoms with E-state index in [0.717, 1.165) is 18.4 Å². The second-order valence-electron chi connectivity index (χ2n) is 6.49. The summed E-state index contributed by atoms with van der Waals surface area (Å²) < 4.78 is 1.65. The van der Waals surface area contributed by atoms with Gasteiger partial charge in [0.05, 0.1) is 30.3 Å². The quantitative estimate of drug-likeness (QED) is 0.798. The number of aliphatic carboxylic acids is 1. The highest BCUT2D eigenvalue weighted by Crippen LogP contribution is 2.31. The van der Waals surface area contributed by atoms with Crippen LogP contribution >= 0.6 is 23.2 Å². The first kappa shape index (κ1) is 18.7. The van der Waals surface area contributed by atoms with E-state index in [-0.39, 0.29) is 5.91 Å². The Morgan fingerprint density at radius 3 is 2.65 bits per heavy atom. The number of rotatable bonds is 5. The maximum atomic E-state index is 12.5. The smallest absolute Gasteiger partial charge is 0.307 e. The lowest BCUT2D eigenvalue weighted by Crippen LogP contribution is -2.35. The van der Waals surface area contributed by atoms with Crippen molar-refractivity contribution in [1.29, 1.82) is 0 Å². The topological polar surface area (TPSA) is 84.2 Å². The Hall–Kier alpha value is -2.05. The van der Waals surface area contributed by atoms with E-state index in [9.17, 15) is 14.7 Å². The zero-order valence-corrected chi connectivity index (χ0v) is 15.5. The standard InChI is InChI=1S/C18H19Cl2N3O3/c19-12-6-5-11(16(20)7-12)9-23-10-13(8-21-23)22-17(24)14-3-1-2-4-15(14)18(25)26/h5-8,10,14-15H,1-4,9H2,(H,22,24)(H,25,26). The number of carboxylic acids is 1. The van der Waals surface area contributed by atoms with Gasteiger partial charge in [0.1, 0.15) is 0 Å². The Morgan fingerprint density at radius 2 is 1.96 bits per heavy atom. The van der Waals surface area contributed by atoms with Crippen LogP contribution in [0.3, 0.4) is 0 Å². The average Bonchev–Trinajstić information content (AvgIpc) is 3.04. The van der Waals surface area contributed by atoms with Crippen LogP contribution in [0.5, 0.6) is 0 Å². The van der Waals surface area contributed by atoms with E-state index in [1.807, 2.05) is 6.07 Å². The Balaban J connectivity index is 1.66. The lowest BCUT2D eigenvalue weighted by Gasteiger charge is -2.27. The van der Waals surface area contributed by atoms with Crippen molar-refractivity contribution in [2.45, 2.75) is 32.2 Å². The highest BCUT2D eigenvalue weighted by molar-refractivity contribution is 6.35. The molecule has 0 spiro atoms. The Kier molecular flexibility index (Phi) is 5.84. The van der Waals surface area contributed by atoms with Crippen molar-refractivity contribution >= 4 is 40.8 Å². The molecule has 3 rings (SSSR count). The van der Waals surface area contributed by atoms with E-state index < -0.39 is 17.8 Å². The number of aromatic nitrogens is 2. The lowest BCUT2D eigenvalue weighted by molar-refractivity contribution is -0.147. The largest absolute Gasteiger partial charge is 0.481 e. The molecule has 8 heteroatoms. The van der Waals surface area contributed by atoms with Crippen LogP contribution in [-0.4, -0.2) is 26.8 Å². The minimum Gasteiger partial charge on any atom is -0.481 e. The molecule has 1 aromatic carbocycles. The monoisotopic (exact) mass is 395 g/mol. The normalized spacial score (nSPS) is 19.9. The molecule has 1 aliphatic rings. The number of anilines is 1. The number of carboxylic acid groups (broad SMARTS) is 1. The van der Waals surface area contributed by atoms with Gasteiger partial charge in [-0.15, -0.1) is 0 Å². The summed E-state index contributed by atoms with van der Waals surface area (Å²) in [6.07, 6.45) is 6.09. The molecule has 2 atom stereocenters. The number of carbonyl (C=O) groups excluding carboxylic acids is 1. The van der Waals surface area contributed by atoms with Gasteiger partial charge in [0, 0.05) is 16.2 Å². The predicted octanol–water partition coefficient (Wildman–Crippen LogP) is 4.07. The van der Waals surface area contributed by atoms with Gasteiger partial charge in [-0.05, 0) is 30.5 Å². The van der Waals surface area contributed by atoms with Crippen LogP contribution in [0.1, 0.15) is 31.2 Å². The SMILES string of the molecule is O=C(O)C1CCCCC1C(=O)Nc1cnn(Cc2ccc(Cl)cc2Cl)c1. The van der Waals surface area contributed by atoms with Crippen molar-refractivity contribution < 1.29 is 14.7 Å². The average molecular weight is 396 g/mol. The summed E-state index contributed by atoms with van der Waals surface area (Å²) >= 11 is 12.1. The molecule has 0 saturated heterocycles. The number of hydrogen-bond donors (Lipinski definition) is 2. The third-order valence-electron chi connectivity index (χ3n) is 4.67. The molecule has 0 radical (unpaired) electrons. The van der Waals surface area contributed by atoms with E-state index in [2.05, 4.69) is 10.4 Å². The van der Waals surface area contributed by atoms with Crippen molar-refractivity contribution in [3.8, 4) is 0 Å². The molecule has 2 unspecified atom stereocenters. The first-order valence-corrected chi connectivity index (χ1v) is 9.19.